The highest BCUT2D eigenvalue weighted by Gasteiger charge is 2.13. The van der Waals surface area contributed by atoms with Gasteiger partial charge in [0.05, 0.1) is 5.69 Å². The number of phenols is 1. The molecule has 0 spiro atoms. The van der Waals surface area contributed by atoms with Crippen LogP contribution in [-0.2, 0) is 4.79 Å². The molecule has 0 radical (unpaired) electrons. The number of hydrogen-bond acceptors (Lipinski definition) is 4. The zero-order chi connectivity index (χ0) is 15.7. The third kappa shape index (κ3) is 2.44. The Kier molecular flexibility index (Phi) is 3.39. The van der Waals surface area contributed by atoms with Crippen LogP contribution in [0.15, 0.2) is 57.7 Å². The monoisotopic (exact) mass is 295 g/mol. The van der Waals surface area contributed by atoms with Gasteiger partial charge < -0.3 is 14.8 Å². The van der Waals surface area contributed by atoms with Gasteiger partial charge in [-0.1, -0.05) is 18.2 Å². The van der Waals surface area contributed by atoms with Crippen LogP contribution in [0.3, 0.4) is 0 Å². The highest BCUT2D eigenvalue weighted by atomic mass is 16.3. The summed E-state index contributed by atoms with van der Waals surface area (Å²) in [5, 5.41) is 12.6. The van der Waals surface area contributed by atoms with Crippen molar-refractivity contribution in [2.45, 2.75) is 6.92 Å². The van der Waals surface area contributed by atoms with Gasteiger partial charge in [-0.3, -0.25) is 9.59 Å². The third-order valence-corrected chi connectivity index (χ3v) is 3.24. The predicted octanol–water partition coefficient (Wildman–Crippen LogP) is 3.12. The number of carbonyl (C=O) groups excluding carboxylic acids is 1. The number of hydrogen-bond donors (Lipinski definition) is 2. The fourth-order valence-corrected chi connectivity index (χ4v) is 2.32. The van der Waals surface area contributed by atoms with Crippen molar-refractivity contribution in [1.29, 1.82) is 0 Å². The summed E-state index contributed by atoms with van der Waals surface area (Å²) in [4.78, 5) is 23.5. The number of amides is 1. The molecular formula is C17H13NO4. The van der Waals surface area contributed by atoms with Gasteiger partial charge in [0.1, 0.15) is 22.5 Å². The van der Waals surface area contributed by atoms with Crippen molar-refractivity contribution in [2.75, 3.05) is 5.32 Å². The SMILES string of the molecule is CC(=O)Nc1ccccc1-c1cc(=O)c2c(O)cccc2o1. The van der Waals surface area contributed by atoms with Crippen LogP contribution in [0.2, 0.25) is 0 Å². The number of aromatic hydroxyl groups is 1. The Labute approximate surface area is 125 Å². The van der Waals surface area contributed by atoms with E-state index in [0.29, 0.717) is 22.6 Å². The Bertz CT molecular complexity index is 927. The third-order valence-electron chi connectivity index (χ3n) is 3.24. The van der Waals surface area contributed by atoms with Crippen molar-refractivity contribution in [3.63, 3.8) is 0 Å². The van der Waals surface area contributed by atoms with E-state index in [1.807, 2.05) is 0 Å². The lowest BCUT2D eigenvalue weighted by Crippen LogP contribution is -2.07. The summed E-state index contributed by atoms with van der Waals surface area (Å²) >= 11 is 0. The van der Waals surface area contributed by atoms with Gasteiger partial charge >= 0.3 is 0 Å². The maximum Gasteiger partial charge on any atom is 0.221 e. The van der Waals surface area contributed by atoms with E-state index >= 15 is 0 Å². The molecule has 0 aliphatic heterocycles. The van der Waals surface area contributed by atoms with Crippen LogP contribution in [0, 0.1) is 0 Å². The van der Waals surface area contributed by atoms with Crippen molar-refractivity contribution in [3.8, 4) is 17.1 Å². The van der Waals surface area contributed by atoms with Crippen molar-refractivity contribution in [3.05, 3.63) is 58.8 Å². The molecule has 5 nitrogen and oxygen atoms in total. The van der Waals surface area contributed by atoms with Crippen LogP contribution in [0.1, 0.15) is 6.92 Å². The largest absolute Gasteiger partial charge is 0.507 e. The fraction of sp³-hybridized carbons (Fsp3) is 0.0588. The lowest BCUT2D eigenvalue weighted by atomic mass is 10.1. The number of nitrogens with one attached hydrogen (secondary N) is 1. The molecule has 0 unspecified atom stereocenters. The first-order valence-corrected chi connectivity index (χ1v) is 6.69. The lowest BCUT2D eigenvalue weighted by Gasteiger charge is -2.09. The van der Waals surface area contributed by atoms with E-state index in [4.69, 9.17) is 4.42 Å². The second-order valence-corrected chi connectivity index (χ2v) is 4.85. The summed E-state index contributed by atoms with van der Waals surface area (Å²) in [6.45, 7) is 1.41. The summed E-state index contributed by atoms with van der Waals surface area (Å²) < 4.78 is 5.72. The molecule has 22 heavy (non-hydrogen) atoms. The molecule has 0 atom stereocenters. The molecule has 1 heterocycles. The molecule has 0 saturated heterocycles. The average molecular weight is 295 g/mol. The predicted molar refractivity (Wildman–Crippen MR) is 83.9 cm³/mol. The summed E-state index contributed by atoms with van der Waals surface area (Å²) in [6, 6.07) is 13.0. The van der Waals surface area contributed by atoms with Crippen molar-refractivity contribution < 1.29 is 14.3 Å². The van der Waals surface area contributed by atoms with Crippen LogP contribution >= 0.6 is 0 Å². The van der Waals surface area contributed by atoms with E-state index in [-0.39, 0.29) is 22.5 Å². The maximum atomic E-state index is 12.2. The lowest BCUT2D eigenvalue weighted by molar-refractivity contribution is -0.114. The Morgan fingerprint density at radius 2 is 1.91 bits per heavy atom. The smallest absolute Gasteiger partial charge is 0.221 e. The van der Waals surface area contributed by atoms with Crippen LogP contribution in [-0.4, -0.2) is 11.0 Å². The van der Waals surface area contributed by atoms with E-state index in [1.165, 1.54) is 19.1 Å². The molecule has 0 saturated carbocycles. The summed E-state index contributed by atoms with van der Waals surface area (Å²) in [7, 11) is 0. The molecule has 1 amide bonds. The first-order chi connectivity index (χ1) is 10.6. The molecule has 0 fully saturated rings. The molecule has 3 rings (SSSR count). The average Bonchev–Trinajstić information content (AvgIpc) is 2.47. The Hall–Kier alpha value is -3.08. The quantitative estimate of drug-likeness (QED) is 0.761. The van der Waals surface area contributed by atoms with Gasteiger partial charge in [0.25, 0.3) is 0 Å². The first-order valence-electron chi connectivity index (χ1n) is 6.69. The number of carbonyl (C=O) groups is 1. The van der Waals surface area contributed by atoms with E-state index < -0.39 is 0 Å². The van der Waals surface area contributed by atoms with Crippen LogP contribution in [0.25, 0.3) is 22.3 Å². The number of benzene rings is 2. The fourth-order valence-electron chi connectivity index (χ4n) is 2.32. The van der Waals surface area contributed by atoms with Gasteiger partial charge in [-0.25, -0.2) is 0 Å². The molecule has 110 valence electrons. The second-order valence-electron chi connectivity index (χ2n) is 4.85. The normalized spacial score (nSPS) is 10.6. The minimum atomic E-state index is -0.341. The number of fused-ring (bicyclic) bond motifs is 1. The van der Waals surface area contributed by atoms with E-state index in [1.54, 1.807) is 36.4 Å². The molecule has 2 aromatic carbocycles. The second kappa shape index (κ2) is 5.37. The summed E-state index contributed by atoms with van der Waals surface area (Å²) in [5.41, 5.74) is 1.10. The molecule has 0 bridgehead atoms. The van der Waals surface area contributed by atoms with Crippen molar-refractivity contribution in [1.82, 2.24) is 0 Å². The topological polar surface area (TPSA) is 79.5 Å². The van der Waals surface area contributed by atoms with E-state index in [0.717, 1.165) is 0 Å². The van der Waals surface area contributed by atoms with Gasteiger partial charge in [-0.2, -0.15) is 0 Å². The molecular weight excluding hydrogens is 282 g/mol. The van der Waals surface area contributed by atoms with E-state index in [9.17, 15) is 14.7 Å². The molecule has 1 aromatic heterocycles. The highest BCUT2D eigenvalue weighted by Crippen LogP contribution is 2.30. The van der Waals surface area contributed by atoms with Gasteiger partial charge in [-0.15, -0.1) is 0 Å². The molecule has 5 heteroatoms. The molecule has 0 aliphatic carbocycles. The van der Waals surface area contributed by atoms with E-state index in [2.05, 4.69) is 5.32 Å². The first kappa shape index (κ1) is 13.9. The van der Waals surface area contributed by atoms with Crippen LogP contribution in [0.5, 0.6) is 5.75 Å². The number of para-hydroxylation sites is 1. The Morgan fingerprint density at radius 1 is 1.14 bits per heavy atom. The maximum absolute atomic E-state index is 12.2. The van der Waals surface area contributed by atoms with Crippen LogP contribution < -0.4 is 10.7 Å². The number of anilines is 1. The standard InChI is InChI=1S/C17H13NO4/c1-10(19)18-12-6-3-2-5-11(12)16-9-14(21)17-13(20)7-4-8-15(17)22-16/h2-9,20H,1H3,(H,18,19). The Balaban J connectivity index is 2.24. The van der Waals surface area contributed by atoms with Crippen LogP contribution in [0.4, 0.5) is 5.69 Å². The van der Waals surface area contributed by atoms with Gasteiger partial charge in [-0.05, 0) is 24.3 Å². The van der Waals surface area contributed by atoms with Crippen molar-refractivity contribution in [2.24, 2.45) is 0 Å². The minimum Gasteiger partial charge on any atom is -0.507 e. The number of rotatable bonds is 2. The van der Waals surface area contributed by atoms with Gasteiger partial charge in [0.2, 0.25) is 5.91 Å². The van der Waals surface area contributed by atoms with Gasteiger partial charge in [0.15, 0.2) is 5.43 Å². The summed E-state index contributed by atoms with van der Waals surface area (Å²) in [5.74, 6) is -0.00590. The highest BCUT2D eigenvalue weighted by molar-refractivity contribution is 5.94. The molecule has 0 aliphatic rings. The molecule has 3 aromatic rings. The Morgan fingerprint density at radius 3 is 2.68 bits per heavy atom. The summed E-state index contributed by atoms with van der Waals surface area (Å²) in [6.07, 6.45) is 0. The molecule has 2 N–H and O–H groups in total. The van der Waals surface area contributed by atoms with Crippen molar-refractivity contribution >= 4 is 22.6 Å². The van der Waals surface area contributed by atoms with Gasteiger partial charge in [0, 0.05) is 18.6 Å². The number of phenolic OH excluding ortho intramolecular Hbond substituents is 1. The minimum absolute atomic E-state index is 0.118. The zero-order valence-corrected chi connectivity index (χ0v) is 11.8. The zero-order valence-electron chi connectivity index (χ0n) is 11.8.